The van der Waals surface area contributed by atoms with Crippen molar-refractivity contribution < 1.29 is 29.0 Å². The highest BCUT2D eigenvalue weighted by molar-refractivity contribution is 5.83. The predicted octanol–water partition coefficient (Wildman–Crippen LogP) is 0.167. The summed E-state index contributed by atoms with van der Waals surface area (Å²) in [6, 6.07) is -1.17. The number of nitrogens with zero attached hydrogens (tertiary/aromatic N) is 2. The van der Waals surface area contributed by atoms with Crippen molar-refractivity contribution >= 4 is 18.0 Å². The van der Waals surface area contributed by atoms with E-state index in [9.17, 15) is 14.4 Å². The summed E-state index contributed by atoms with van der Waals surface area (Å²) in [5.74, 6) is -1.41. The van der Waals surface area contributed by atoms with Crippen LogP contribution >= 0.6 is 0 Å². The van der Waals surface area contributed by atoms with Gasteiger partial charge in [-0.15, -0.1) is 0 Å². The number of ether oxygens (including phenoxy) is 2. The first-order valence-electron chi connectivity index (χ1n) is 6.85. The molecule has 0 aliphatic carbocycles. The summed E-state index contributed by atoms with van der Waals surface area (Å²) in [6.07, 6.45) is 1.19. The standard InChI is InChI=1S/C13H22N2O6/c1-20-9-8-14(7-5-11(16)21-2)13(19)15-6-3-4-10(15)12(17)18/h10H,3-9H2,1-2H3,(H,17,18)/t10-/m0/s1. The van der Waals surface area contributed by atoms with Crippen molar-refractivity contribution in [2.75, 3.05) is 40.5 Å². The van der Waals surface area contributed by atoms with E-state index in [4.69, 9.17) is 9.84 Å². The molecule has 0 aromatic carbocycles. The summed E-state index contributed by atoms with van der Waals surface area (Å²) in [5, 5.41) is 9.14. The number of aliphatic carboxylic acids is 1. The molecular weight excluding hydrogens is 280 g/mol. The highest BCUT2D eigenvalue weighted by atomic mass is 16.5. The summed E-state index contributed by atoms with van der Waals surface area (Å²) < 4.78 is 9.50. The van der Waals surface area contributed by atoms with E-state index in [2.05, 4.69) is 4.74 Å². The van der Waals surface area contributed by atoms with Crippen LogP contribution in [-0.2, 0) is 19.1 Å². The fourth-order valence-corrected chi connectivity index (χ4v) is 2.27. The van der Waals surface area contributed by atoms with Crippen LogP contribution in [0.15, 0.2) is 0 Å². The normalized spacial score (nSPS) is 17.6. The van der Waals surface area contributed by atoms with Crippen LogP contribution in [0.4, 0.5) is 4.79 Å². The molecule has 120 valence electrons. The van der Waals surface area contributed by atoms with Gasteiger partial charge < -0.3 is 24.4 Å². The minimum atomic E-state index is -1.000. The van der Waals surface area contributed by atoms with Gasteiger partial charge in [0.1, 0.15) is 6.04 Å². The third-order valence-corrected chi connectivity index (χ3v) is 3.43. The van der Waals surface area contributed by atoms with Gasteiger partial charge in [0.25, 0.3) is 0 Å². The third kappa shape index (κ3) is 4.89. The van der Waals surface area contributed by atoms with Gasteiger partial charge in [-0.05, 0) is 12.8 Å². The molecule has 0 bridgehead atoms. The average molecular weight is 302 g/mol. The Balaban J connectivity index is 2.69. The van der Waals surface area contributed by atoms with Gasteiger partial charge in [-0.2, -0.15) is 0 Å². The fraction of sp³-hybridized carbons (Fsp3) is 0.769. The number of methoxy groups -OCH3 is 2. The van der Waals surface area contributed by atoms with Crippen LogP contribution in [0.2, 0.25) is 0 Å². The second-order valence-electron chi connectivity index (χ2n) is 4.78. The van der Waals surface area contributed by atoms with Crippen LogP contribution in [0.25, 0.3) is 0 Å². The van der Waals surface area contributed by atoms with E-state index in [-0.39, 0.29) is 19.0 Å². The minimum absolute atomic E-state index is 0.0670. The maximum absolute atomic E-state index is 12.4. The Kier molecular flexibility index (Phi) is 6.93. The zero-order valence-corrected chi connectivity index (χ0v) is 12.4. The Morgan fingerprint density at radius 3 is 2.57 bits per heavy atom. The van der Waals surface area contributed by atoms with Gasteiger partial charge in [0.2, 0.25) is 0 Å². The maximum atomic E-state index is 12.4. The number of likely N-dealkylation sites (tertiary alicyclic amines) is 1. The van der Waals surface area contributed by atoms with Crippen molar-refractivity contribution in [3.63, 3.8) is 0 Å². The predicted molar refractivity (Wildman–Crippen MR) is 72.8 cm³/mol. The highest BCUT2D eigenvalue weighted by Crippen LogP contribution is 2.19. The maximum Gasteiger partial charge on any atom is 0.326 e. The van der Waals surface area contributed by atoms with Gasteiger partial charge in [0, 0.05) is 26.7 Å². The molecule has 0 aromatic heterocycles. The summed E-state index contributed by atoms with van der Waals surface area (Å²) in [6.45, 7) is 1.21. The van der Waals surface area contributed by atoms with E-state index in [1.165, 1.54) is 24.0 Å². The molecule has 8 nitrogen and oxygen atoms in total. The Bertz CT molecular complexity index is 387. The second kappa shape index (κ2) is 8.46. The van der Waals surface area contributed by atoms with Crippen molar-refractivity contribution in [1.29, 1.82) is 0 Å². The number of esters is 1. The van der Waals surface area contributed by atoms with Crippen molar-refractivity contribution in [3.8, 4) is 0 Å². The number of carbonyl (C=O) groups excluding carboxylic acids is 2. The number of carbonyl (C=O) groups is 3. The number of hydrogen-bond acceptors (Lipinski definition) is 5. The number of urea groups is 1. The number of rotatable bonds is 7. The van der Waals surface area contributed by atoms with Crippen molar-refractivity contribution in [2.24, 2.45) is 0 Å². The first kappa shape index (κ1) is 17.2. The molecule has 8 heteroatoms. The van der Waals surface area contributed by atoms with E-state index < -0.39 is 18.0 Å². The molecule has 1 N–H and O–H groups in total. The van der Waals surface area contributed by atoms with Gasteiger partial charge >= 0.3 is 18.0 Å². The first-order chi connectivity index (χ1) is 10.0. The third-order valence-electron chi connectivity index (χ3n) is 3.43. The van der Waals surface area contributed by atoms with E-state index in [0.717, 1.165) is 0 Å². The number of carboxylic acid groups (broad SMARTS) is 1. The van der Waals surface area contributed by atoms with Crippen LogP contribution in [0.3, 0.4) is 0 Å². The number of carboxylic acids is 1. The zero-order chi connectivity index (χ0) is 15.8. The molecular formula is C13H22N2O6. The SMILES string of the molecule is COCCN(CCC(=O)OC)C(=O)N1CCC[C@H]1C(=O)O. The fourth-order valence-electron chi connectivity index (χ4n) is 2.27. The highest BCUT2D eigenvalue weighted by Gasteiger charge is 2.36. The van der Waals surface area contributed by atoms with Crippen LogP contribution in [0.1, 0.15) is 19.3 Å². The Hall–Kier alpha value is -1.83. The zero-order valence-electron chi connectivity index (χ0n) is 12.4. The molecule has 0 radical (unpaired) electrons. The molecule has 0 unspecified atom stereocenters. The second-order valence-corrected chi connectivity index (χ2v) is 4.78. The van der Waals surface area contributed by atoms with E-state index in [1.807, 2.05) is 0 Å². The number of hydrogen-bond donors (Lipinski definition) is 1. The lowest BCUT2D eigenvalue weighted by atomic mass is 10.2. The molecule has 1 rings (SSSR count). The quantitative estimate of drug-likeness (QED) is 0.673. The van der Waals surface area contributed by atoms with Crippen molar-refractivity contribution in [3.05, 3.63) is 0 Å². The Morgan fingerprint density at radius 2 is 2.00 bits per heavy atom. The van der Waals surface area contributed by atoms with Gasteiger partial charge in [-0.1, -0.05) is 0 Å². The van der Waals surface area contributed by atoms with Gasteiger partial charge in [-0.25, -0.2) is 9.59 Å². The molecule has 1 saturated heterocycles. The molecule has 1 aliphatic rings. The number of amides is 2. The lowest BCUT2D eigenvalue weighted by molar-refractivity contribution is -0.142. The van der Waals surface area contributed by atoms with E-state index >= 15 is 0 Å². The Morgan fingerprint density at radius 1 is 1.29 bits per heavy atom. The van der Waals surface area contributed by atoms with Crippen LogP contribution in [0, 0.1) is 0 Å². The smallest absolute Gasteiger partial charge is 0.326 e. The average Bonchev–Trinajstić information content (AvgIpc) is 2.96. The monoisotopic (exact) mass is 302 g/mol. The molecule has 0 saturated carbocycles. The van der Waals surface area contributed by atoms with E-state index in [1.54, 1.807) is 0 Å². The first-order valence-corrected chi connectivity index (χ1v) is 6.85. The van der Waals surface area contributed by atoms with Crippen LogP contribution in [-0.4, -0.2) is 79.4 Å². The van der Waals surface area contributed by atoms with Crippen LogP contribution < -0.4 is 0 Å². The minimum Gasteiger partial charge on any atom is -0.480 e. The van der Waals surface area contributed by atoms with Crippen molar-refractivity contribution in [1.82, 2.24) is 9.80 Å². The summed E-state index contributed by atoms with van der Waals surface area (Å²) in [7, 11) is 2.80. The summed E-state index contributed by atoms with van der Waals surface area (Å²) in [5.41, 5.74) is 0. The summed E-state index contributed by atoms with van der Waals surface area (Å²) >= 11 is 0. The van der Waals surface area contributed by atoms with Crippen molar-refractivity contribution in [2.45, 2.75) is 25.3 Å². The lowest BCUT2D eigenvalue weighted by Crippen LogP contribution is -2.49. The topological polar surface area (TPSA) is 96.4 Å². The molecule has 0 spiro atoms. The molecule has 0 aromatic rings. The Labute approximate surface area is 123 Å². The van der Waals surface area contributed by atoms with Gasteiger partial charge in [-0.3, -0.25) is 4.79 Å². The lowest BCUT2D eigenvalue weighted by Gasteiger charge is -2.30. The molecule has 2 amide bonds. The van der Waals surface area contributed by atoms with Crippen LogP contribution in [0.5, 0.6) is 0 Å². The molecule has 21 heavy (non-hydrogen) atoms. The van der Waals surface area contributed by atoms with E-state index in [0.29, 0.717) is 32.5 Å². The molecule has 1 aliphatic heterocycles. The molecule has 1 heterocycles. The molecule has 1 fully saturated rings. The largest absolute Gasteiger partial charge is 0.480 e. The summed E-state index contributed by atoms with van der Waals surface area (Å²) in [4.78, 5) is 37.6. The van der Waals surface area contributed by atoms with Gasteiger partial charge in [0.15, 0.2) is 0 Å². The molecule has 1 atom stereocenters. The van der Waals surface area contributed by atoms with Gasteiger partial charge in [0.05, 0.1) is 20.1 Å².